The lowest BCUT2D eigenvalue weighted by atomic mass is 10.1. The standard InChI is InChI=1S/C25H21ClN2O4S/c26-23-13-11-20(17-24(23)33(30,31)28-21-8-2-1-3-9-21)25(29)27-14-15-32-22-12-10-18-6-4-5-7-19(18)16-22/h1-13,16-17,28H,14-15H2,(H,27,29). The molecule has 0 spiro atoms. The first kappa shape index (κ1) is 22.6. The van der Waals surface area contributed by atoms with Crippen molar-refractivity contribution >= 4 is 44.0 Å². The highest BCUT2D eigenvalue weighted by Crippen LogP contribution is 2.25. The Morgan fingerprint density at radius 1 is 0.848 bits per heavy atom. The van der Waals surface area contributed by atoms with Crippen LogP contribution in [0, 0.1) is 0 Å². The van der Waals surface area contributed by atoms with Crippen molar-refractivity contribution in [2.75, 3.05) is 17.9 Å². The van der Waals surface area contributed by atoms with E-state index in [2.05, 4.69) is 10.0 Å². The van der Waals surface area contributed by atoms with Gasteiger partial charge in [0.05, 0.1) is 11.6 Å². The summed E-state index contributed by atoms with van der Waals surface area (Å²) in [6.45, 7) is 0.511. The Labute approximate surface area is 197 Å². The van der Waals surface area contributed by atoms with Gasteiger partial charge in [-0.15, -0.1) is 0 Å². The van der Waals surface area contributed by atoms with Crippen molar-refractivity contribution in [3.05, 3.63) is 102 Å². The molecule has 8 heteroatoms. The minimum atomic E-state index is -3.97. The Morgan fingerprint density at radius 3 is 2.36 bits per heavy atom. The van der Waals surface area contributed by atoms with Crippen LogP contribution in [0.1, 0.15) is 10.4 Å². The molecule has 0 aromatic heterocycles. The van der Waals surface area contributed by atoms with E-state index in [9.17, 15) is 13.2 Å². The van der Waals surface area contributed by atoms with Crippen LogP contribution in [0.5, 0.6) is 5.75 Å². The Balaban J connectivity index is 1.38. The normalized spacial score (nSPS) is 11.2. The number of carbonyl (C=O) groups excluding carboxylic acids is 1. The molecular weight excluding hydrogens is 460 g/mol. The summed E-state index contributed by atoms with van der Waals surface area (Å²) < 4.78 is 33.7. The van der Waals surface area contributed by atoms with Gasteiger partial charge in [-0.1, -0.05) is 60.1 Å². The van der Waals surface area contributed by atoms with E-state index in [1.807, 2.05) is 42.5 Å². The highest BCUT2D eigenvalue weighted by Gasteiger charge is 2.20. The zero-order chi connectivity index (χ0) is 23.3. The van der Waals surface area contributed by atoms with Gasteiger partial charge >= 0.3 is 0 Å². The molecule has 4 aromatic carbocycles. The lowest BCUT2D eigenvalue weighted by molar-refractivity contribution is 0.0947. The molecule has 0 radical (unpaired) electrons. The summed E-state index contributed by atoms with van der Waals surface area (Å²) in [6, 6.07) is 26.3. The first-order valence-corrected chi connectivity index (χ1v) is 12.1. The van der Waals surface area contributed by atoms with Crippen LogP contribution in [0.4, 0.5) is 5.69 Å². The fraction of sp³-hybridized carbons (Fsp3) is 0.0800. The van der Waals surface area contributed by atoms with E-state index in [0.29, 0.717) is 11.4 Å². The number of sulfonamides is 1. The molecule has 0 fully saturated rings. The van der Waals surface area contributed by atoms with E-state index >= 15 is 0 Å². The second-order valence-corrected chi connectivity index (χ2v) is 9.29. The average molecular weight is 481 g/mol. The number of fused-ring (bicyclic) bond motifs is 1. The van der Waals surface area contributed by atoms with E-state index in [4.69, 9.17) is 16.3 Å². The molecule has 0 aliphatic carbocycles. The highest BCUT2D eigenvalue weighted by atomic mass is 35.5. The number of hydrogen-bond donors (Lipinski definition) is 2. The quantitative estimate of drug-likeness (QED) is 0.343. The molecule has 0 bridgehead atoms. The molecule has 4 aromatic rings. The third-order valence-electron chi connectivity index (χ3n) is 4.89. The molecule has 0 aliphatic rings. The molecule has 0 saturated carbocycles. The van der Waals surface area contributed by atoms with E-state index < -0.39 is 15.9 Å². The lowest BCUT2D eigenvalue weighted by Crippen LogP contribution is -2.28. The van der Waals surface area contributed by atoms with Crippen LogP contribution in [0.3, 0.4) is 0 Å². The molecule has 0 atom stereocenters. The lowest BCUT2D eigenvalue weighted by Gasteiger charge is -2.12. The summed E-state index contributed by atoms with van der Waals surface area (Å²) in [6.07, 6.45) is 0. The maximum absolute atomic E-state index is 12.8. The van der Waals surface area contributed by atoms with Gasteiger partial charge < -0.3 is 10.1 Å². The van der Waals surface area contributed by atoms with Crippen molar-refractivity contribution in [2.24, 2.45) is 0 Å². The number of nitrogens with one attached hydrogen (secondary N) is 2. The number of ether oxygens (including phenoxy) is 1. The number of benzene rings is 4. The van der Waals surface area contributed by atoms with Crippen LogP contribution in [-0.4, -0.2) is 27.5 Å². The molecule has 33 heavy (non-hydrogen) atoms. The van der Waals surface area contributed by atoms with Crippen molar-refractivity contribution in [1.29, 1.82) is 0 Å². The van der Waals surface area contributed by atoms with E-state index in [1.54, 1.807) is 30.3 Å². The van der Waals surface area contributed by atoms with E-state index in [1.165, 1.54) is 18.2 Å². The number of halogens is 1. The van der Waals surface area contributed by atoms with Crippen molar-refractivity contribution in [1.82, 2.24) is 5.32 Å². The first-order chi connectivity index (χ1) is 15.9. The van der Waals surface area contributed by atoms with Gasteiger partial charge in [0.15, 0.2) is 0 Å². The number of carbonyl (C=O) groups is 1. The fourth-order valence-electron chi connectivity index (χ4n) is 3.26. The molecule has 0 unspecified atom stereocenters. The van der Waals surface area contributed by atoms with Crippen LogP contribution < -0.4 is 14.8 Å². The number of rotatable bonds is 8. The Hall–Kier alpha value is -3.55. The van der Waals surface area contributed by atoms with Crippen LogP contribution in [0.15, 0.2) is 95.9 Å². The summed E-state index contributed by atoms with van der Waals surface area (Å²) >= 11 is 6.12. The SMILES string of the molecule is O=C(NCCOc1ccc2ccccc2c1)c1ccc(Cl)c(S(=O)(=O)Nc2ccccc2)c1. The molecule has 0 heterocycles. The predicted octanol–water partition coefficient (Wildman–Crippen LogP) is 5.10. The molecule has 168 valence electrons. The maximum atomic E-state index is 12.8. The van der Waals surface area contributed by atoms with Gasteiger partial charge in [-0.25, -0.2) is 8.42 Å². The van der Waals surface area contributed by atoms with Crippen LogP contribution in [-0.2, 0) is 10.0 Å². The Bertz CT molecular complexity index is 1390. The van der Waals surface area contributed by atoms with E-state index in [-0.39, 0.29) is 28.6 Å². The third kappa shape index (κ3) is 5.63. The summed E-state index contributed by atoms with van der Waals surface area (Å²) in [5.74, 6) is 0.278. The van der Waals surface area contributed by atoms with E-state index in [0.717, 1.165) is 10.8 Å². The topological polar surface area (TPSA) is 84.5 Å². The maximum Gasteiger partial charge on any atom is 0.263 e. The Morgan fingerprint density at radius 2 is 1.58 bits per heavy atom. The van der Waals surface area contributed by atoms with Gasteiger partial charge in [0.25, 0.3) is 15.9 Å². The monoisotopic (exact) mass is 480 g/mol. The first-order valence-electron chi connectivity index (χ1n) is 10.2. The average Bonchev–Trinajstić information content (AvgIpc) is 2.82. The highest BCUT2D eigenvalue weighted by molar-refractivity contribution is 7.92. The van der Waals surface area contributed by atoms with Crippen molar-refractivity contribution in [3.8, 4) is 5.75 Å². The van der Waals surface area contributed by atoms with Crippen molar-refractivity contribution in [3.63, 3.8) is 0 Å². The van der Waals surface area contributed by atoms with Crippen molar-refractivity contribution in [2.45, 2.75) is 4.90 Å². The number of anilines is 1. The summed E-state index contributed by atoms with van der Waals surface area (Å²) in [5, 5.41) is 4.94. The van der Waals surface area contributed by atoms with Gasteiger partial charge in [-0.2, -0.15) is 0 Å². The van der Waals surface area contributed by atoms with Gasteiger partial charge in [-0.3, -0.25) is 9.52 Å². The Kier molecular flexibility index (Phi) is 6.82. The van der Waals surface area contributed by atoms with Crippen LogP contribution >= 0.6 is 11.6 Å². The van der Waals surface area contributed by atoms with Crippen LogP contribution in [0.25, 0.3) is 10.8 Å². The molecule has 2 N–H and O–H groups in total. The zero-order valence-electron chi connectivity index (χ0n) is 17.5. The smallest absolute Gasteiger partial charge is 0.263 e. The molecule has 6 nitrogen and oxygen atoms in total. The molecular formula is C25H21ClN2O4S. The minimum absolute atomic E-state index is 0.0228. The molecule has 1 amide bonds. The minimum Gasteiger partial charge on any atom is -0.492 e. The summed E-state index contributed by atoms with van der Waals surface area (Å²) in [7, 11) is -3.97. The van der Waals surface area contributed by atoms with Gasteiger partial charge in [0.1, 0.15) is 17.3 Å². The molecule has 0 aliphatic heterocycles. The summed E-state index contributed by atoms with van der Waals surface area (Å²) in [4.78, 5) is 12.4. The second-order valence-electron chi connectivity index (χ2n) is 7.23. The number of amides is 1. The van der Waals surface area contributed by atoms with Gasteiger partial charge in [0, 0.05) is 11.3 Å². The van der Waals surface area contributed by atoms with Gasteiger partial charge in [-0.05, 0) is 53.2 Å². The second kappa shape index (κ2) is 9.94. The molecule has 0 saturated heterocycles. The van der Waals surface area contributed by atoms with Crippen LogP contribution in [0.2, 0.25) is 5.02 Å². The summed E-state index contributed by atoms with van der Waals surface area (Å²) in [5.41, 5.74) is 0.577. The number of para-hydroxylation sites is 1. The van der Waals surface area contributed by atoms with Gasteiger partial charge in [0.2, 0.25) is 0 Å². The zero-order valence-corrected chi connectivity index (χ0v) is 19.1. The largest absolute Gasteiger partial charge is 0.492 e. The number of hydrogen-bond acceptors (Lipinski definition) is 4. The fourth-order valence-corrected chi connectivity index (χ4v) is 4.85. The van der Waals surface area contributed by atoms with Crippen molar-refractivity contribution < 1.29 is 17.9 Å². The molecule has 4 rings (SSSR count). The third-order valence-corrected chi connectivity index (χ3v) is 6.75. The predicted molar refractivity (Wildman–Crippen MR) is 130 cm³/mol.